The normalized spacial score (nSPS) is 16.3. The number of nitrogens with zero attached hydrogens (tertiary/aromatic N) is 2. The molecule has 1 atom stereocenters. The van der Waals surface area contributed by atoms with Gasteiger partial charge in [-0.3, -0.25) is 4.90 Å². The van der Waals surface area contributed by atoms with Gasteiger partial charge in [-0.15, -0.1) is 0 Å². The van der Waals surface area contributed by atoms with Crippen molar-refractivity contribution in [1.82, 2.24) is 4.90 Å². The molecule has 1 aliphatic rings. The van der Waals surface area contributed by atoms with E-state index in [4.69, 9.17) is 9.47 Å². The third kappa shape index (κ3) is 4.90. The van der Waals surface area contributed by atoms with Crippen LogP contribution in [0.2, 0.25) is 0 Å². The highest BCUT2D eigenvalue weighted by Gasteiger charge is 2.21. The van der Waals surface area contributed by atoms with Crippen LogP contribution in [0.4, 0.5) is 5.69 Å². The Bertz CT molecular complexity index is 682. The zero-order valence-electron chi connectivity index (χ0n) is 15.6. The molecule has 1 N–H and O–H groups in total. The molecule has 0 bridgehead atoms. The summed E-state index contributed by atoms with van der Waals surface area (Å²) in [4.78, 5) is 4.62. The van der Waals surface area contributed by atoms with Crippen molar-refractivity contribution < 1.29 is 14.6 Å². The van der Waals surface area contributed by atoms with Gasteiger partial charge < -0.3 is 19.5 Å². The maximum absolute atomic E-state index is 10.3. The summed E-state index contributed by atoms with van der Waals surface area (Å²) in [7, 11) is 1.71. The first-order chi connectivity index (χ1) is 12.7. The van der Waals surface area contributed by atoms with Gasteiger partial charge in [0.05, 0.1) is 12.8 Å². The molecule has 0 radical (unpaired) electrons. The minimum absolute atomic E-state index is 0.315. The van der Waals surface area contributed by atoms with Crippen molar-refractivity contribution in [2.75, 3.05) is 51.3 Å². The molecule has 0 spiro atoms. The van der Waals surface area contributed by atoms with Crippen LogP contribution in [0.5, 0.6) is 11.5 Å². The highest BCUT2D eigenvalue weighted by atomic mass is 16.5. The summed E-state index contributed by atoms with van der Waals surface area (Å²) >= 11 is 0. The molecule has 2 aromatic carbocycles. The summed E-state index contributed by atoms with van der Waals surface area (Å²) in [5.41, 5.74) is 2.34. The molecule has 140 valence electrons. The van der Waals surface area contributed by atoms with Crippen molar-refractivity contribution >= 4 is 5.69 Å². The van der Waals surface area contributed by atoms with Crippen LogP contribution in [0.15, 0.2) is 48.5 Å². The fraction of sp³-hybridized carbons (Fsp3) is 0.429. The van der Waals surface area contributed by atoms with Gasteiger partial charge in [0.2, 0.25) is 0 Å². The number of para-hydroxylation sites is 2. The summed E-state index contributed by atoms with van der Waals surface area (Å²) in [5, 5.41) is 10.3. The third-order valence-electron chi connectivity index (χ3n) is 4.73. The number of hydrogen-bond donors (Lipinski definition) is 1. The number of ether oxygens (including phenoxy) is 2. The molecule has 5 nitrogen and oxygen atoms in total. The molecule has 0 unspecified atom stereocenters. The maximum Gasteiger partial charge on any atom is 0.142 e. The van der Waals surface area contributed by atoms with Crippen molar-refractivity contribution in [3.8, 4) is 11.5 Å². The van der Waals surface area contributed by atoms with Gasteiger partial charge in [0.15, 0.2) is 0 Å². The van der Waals surface area contributed by atoms with Crippen molar-refractivity contribution in [2.45, 2.75) is 13.0 Å². The number of piperazine rings is 1. The summed E-state index contributed by atoms with van der Waals surface area (Å²) < 4.78 is 11.1. The third-order valence-corrected chi connectivity index (χ3v) is 4.73. The summed E-state index contributed by atoms with van der Waals surface area (Å²) in [6.45, 7) is 6.67. The fourth-order valence-electron chi connectivity index (χ4n) is 3.24. The van der Waals surface area contributed by atoms with Crippen LogP contribution in [0.3, 0.4) is 0 Å². The van der Waals surface area contributed by atoms with Crippen LogP contribution in [0.1, 0.15) is 5.56 Å². The lowest BCUT2D eigenvalue weighted by molar-refractivity contribution is 0.0663. The molecule has 5 heteroatoms. The molecule has 1 heterocycles. The van der Waals surface area contributed by atoms with E-state index in [9.17, 15) is 5.11 Å². The molecule has 2 aromatic rings. The van der Waals surface area contributed by atoms with Crippen molar-refractivity contribution in [3.63, 3.8) is 0 Å². The van der Waals surface area contributed by atoms with E-state index < -0.39 is 6.10 Å². The van der Waals surface area contributed by atoms with Crippen LogP contribution in [-0.2, 0) is 0 Å². The predicted molar refractivity (Wildman–Crippen MR) is 104 cm³/mol. The number of benzene rings is 2. The van der Waals surface area contributed by atoms with Gasteiger partial charge in [0.25, 0.3) is 0 Å². The van der Waals surface area contributed by atoms with Crippen LogP contribution in [0.25, 0.3) is 0 Å². The Labute approximate surface area is 155 Å². The van der Waals surface area contributed by atoms with Crippen LogP contribution in [0, 0.1) is 6.92 Å². The quantitative estimate of drug-likeness (QED) is 0.826. The second-order valence-corrected chi connectivity index (χ2v) is 6.74. The Balaban J connectivity index is 1.44. The summed E-state index contributed by atoms with van der Waals surface area (Å²) in [5.74, 6) is 1.71. The zero-order chi connectivity index (χ0) is 18.4. The number of rotatable bonds is 7. The lowest BCUT2D eigenvalue weighted by atomic mass is 10.2. The Morgan fingerprint density at radius 1 is 1.00 bits per heavy atom. The zero-order valence-corrected chi connectivity index (χ0v) is 15.6. The SMILES string of the molecule is COc1ccccc1N1CCN(C[C@H](O)COc2ccc(C)cc2)CC1. The number of β-amino-alcohol motifs (C(OH)–C–C–N with tert-alkyl or cyclic N) is 1. The average Bonchev–Trinajstić information content (AvgIpc) is 2.68. The molecule has 0 aromatic heterocycles. The molecule has 1 saturated heterocycles. The Morgan fingerprint density at radius 3 is 2.38 bits per heavy atom. The molecular formula is C21H28N2O3. The van der Waals surface area contributed by atoms with E-state index in [1.54, 1.807) is 7.11 Å². The van der Waals surface area contributed by atoms with E-state index in [1.165, 1.54) is 5.56 Å². The number of hydrogen-bond acceptors (Lipinski definition) is 5. The van der Waals surface area contributed by atoms with Gasteiger partial charge in [0.1, 0.15) is 24.2 Å². The highest BCUT2D eigenvalue weighted by Crippen LogP contribution is 2.28. The van der Waals surface area contributed by atoms with E-state index >= 15 is 0 Å². The first kappa shape index (κ1) is 18.5. The molecular weight excluding hydrogens is 328 g/mol. The fourth-order valence-corrected chi connectivity index (χ4v) is 3.24. The second-order valence-electron chi connectivity index (χ2n) is 6.74. The lowest BCUT2D eigenvalue weighted by Crippen LogP contribution is -2.49. The highest BCUT2D eigenvalue weighted by molar-refractivity contribution is 5.58. The van der Waals surface area contributed by atoms with Crippen molar-refractivity contribution in [2.24, 2.45) is 0 Å². The number of aliphatic hydroxyl groups is 1. The van der Waals surface area contributed by atoms with Gasteiger partial charge >= 0.3 is 0 Å². The van der Waals surface area contributed by atoms with Gasteiger partial charge in [-0.1, -0.05) is 29.8 Å². The topological polar surface area (TPSA) is 45.2 Å². The second kappa shape index (κ2) is 8.92. The number of methoxy groups -OCH3 is 1. The predicted octanol–water partition coefficient (Wildman–Crippen LogP) is 2.57. The smallest absolute Gasteiger partial charge is 0.142 e. The van der Waals surface area contributed by atoms with E-state index in [0.717, 1.165) is 43.4 Å². The Morgan fingerprint density at radius 2 is 1.69 bits per heavy atom. The minimum Gasteiger partial charge on any atom is -0.495 e. The maximum atomic E-state index is 10.3. The van der Waals surface area contributed by atoms with E-state index in [1.807, 2.05) is 49.4 Å². The number of aryl methyl sites for hydroxylation is 1. The molecule has 1 fully saturated rings. The van der Waals surface area contributed by atoms with Gasteiger partial charge in [-0.25, -0.2) is 0 Å². The monoisotopic (exact) mass is 356 g/mol. The average molecular weight is 356 g/mol. The summed E-state index contributed by atoms with van der Waals surface area (Å²) in [6.07, 6.45) is -0.492. The van der Waals surface area contributed by atoms with Crippen LogP contribution in [-0.4, -0.2) is 62.6 Å². The van der Waals surface area contributed by atoms with E-state index in [2.05, 4.69) is 15.9 Å². The first-order valence-corrected chi connectivity index (χ1v) is 9.13. The molecule has 1 aliphatic heterocycles. The van der Waals surface area contributed by atoms with E-state index in [0.29, 0.717) is 13.2 Å². The molecule has 26 heavy (non-hydrogen) atoms. The van der Waals surface area contributed by atoms with Gasteiger partial charge in [-0.2, -0.15) is 0 Å². The van der Waals surface area contributed by atoms with E-state index in [-0.39, 0.29) is 0 Å². The van der Waals surface area contributed by atoms with Crippen molar-refractivity contribution in [1.29, 1.82) is 0 Å². The van der Waals surface area contributed by atoms with Crippen LogP contribution >= 0.6 is 0 Å². The summed E-state index contributed by atoms with van der Waals surface area (Å²) in [6, 6.07) is 16.0. The number of anilines is 1. The Hall–Kier alpha value is -2.24. The van der Waals surface area contributed by atoms with Gasteiger partial charge in [-0.05, 0) is 31.2 Å². The first-order valence-electron chi connectivity index (χ1n) is 9.13. The largest absolute Gasteiger partial charge is 0.495 e. The molecule has 0 aliphatic carbocycles. The molecule has 3 rings (SSSR count). The Kier molecular flexibility index (Phi) is 6.36. The standard InChI is InChI=1S/C21H28N2O3/c1-17-7-9-19(10-8-17)26-16-18(24)15-22-11-13-23(14-12-22)20-5-3-4-6-21(20)25-2/h3-10,18,24H,11-16H2,1-2H3/t18-/m0/s1. The minimum atomic E-state index is -0.492. The molecule has 0 amide bonds. The lowest BCUT2D eigenvalue weighted by Gasteiger charge is -2.37. The number of aliphatic hydroxyl groups excluding tert-OH is 1. The van der Waals surface area contributed by atoms with Gasteiger partial charge in [0, 0.05) is 32.7 Å². The molecule has 0 saturated carbocycles. The van der Waals surface area contributed by atoms with Crippen LogP contribution < -0.4 is 14.4 Å². The van der Waals surface area contributed by atoms with Crippen molar-refractivity contribution in [3.05, 3.63) is 54.1 Å².